The van der Waals surface area contributed by atoms with Gasteiger partial charge in [0.1, 0.15) is 0 Å². The molecule has 2 aliphatic carbocycles. The van der Waals surface area contributed by atoms with Crippen LogP contribution in [0.25, 0.3) is 0 Å². The van der Waals surface area contributed by atoms with Gasteiger partial charge in [0.05, 0.1) is 0 Å². The number of carbonyl (C=O) groups is 1. The van der Waals surface area contributed by atoms with Crippen LogP contribution in [0, 0.1) is 0 Å². The summed E-state index contributed by atoms with van der Waals surface area (Å²) in [7, 11) is 0. The van der Waals surface area contributed by atoms with E-state index in [2.05, 4.69) is 6.58 Å². The quantitative estimate of drug-likeness (QED) is 0.545. The Balaban J connectivity index is 1.92. The highest BCUT2D eigenvalue weighted by Crippen LogP contribution is 2.40. The second-order valence-electron chi connectivity index (χ2n) is 5.37. The Bertz CT molecular complexity index is 289. The summed E-state index contributed by atoms with van der Waals surface area (Å²) in [6, 6.07) is 0. The molecule has 0 aromatic heterocycles. The molecule has 4 heteroatoms. The Morgan fingerprint density at radius 2 is 1.39 bits per heavy atom. The van der Waals surface area contributed by atoms with Gasteiger partial charge in [-0.25, -0.2) is 3.71 Å². The summed E-state index contributed by atoms with van der Waals surface area (Å²) in [5.41, 5.74) is 0.658. The first-order valence-electron chi connectivity index (χ1n) is 7.00. The molecule has 2 fully saturated rings. The van der Waals surface area contributed by atoms with E-state index < -0.39 is 0 Å². The molecule has 0 heterocycles. The number of hydrogen-bond donors (Lipinski definition) is 0. The summed E-state index contributed by atoms with van der Waals surface area (Å²) >= 11 is 3.52. The fourth-order valence-electron chi connectivity index (χ4n) is 2.53. The summed E-state index contributed by atoms with van der Waals surface area (Å²) in [5, 5.41) is 1.28. The molecule has 0 saturated heterocycles. The van der Waals surface area contributed by atoms with Crippen LogP contribution in [-0.4, -0.2) is 20.1 Å². The smallest absolute Gasteiger partial charge is 0.268 e. The van der Waals surface area contributed by atoms with Gasteiger partial charge < -0.3 is 0 Å². The molecule has 0 N–H and O–H groups in total. The van der Waals surface area contributed by atoms with Gasteiger partial charge in [-0.2, -0.15) is 0 Å². The highest BCUT2D eigenvalue weighted by atomic mass is 32.2. The standard InChI is InChI=1S/C14H23NOS2/c1-11(2)14(16)15(17-12-7-3-4-8-12)18-13-9-5-6-10-13/h12-13H,1,3-10H2,2H3. The van der Waals surface area contributed by atoms with E-state index in [1.165, 1.54) is 51.4 Å². The first-order chi connectivity index (χ1) is 8.66. The Morgan fingerprint density at radius 1 is 1.00 bits per heavy atom. The second-order valence-corrected chi connectivity index (χ2v) is 8.08. The molecule has 0 bridgehead atoms. The molecule has 0 atom stereocenters. The lowest BCUT2D eigenvalue weighted by atomic mass is 10.3. The van der Waals surface area contributed by atoms with Crippen LogP contribution >= 0.6 is 23.9 Å². The minimum Gasteiger partial charge on any atom is -0.268 e. The lowest BCUT2D eigenvalue weighted by Crippen LogP contribution is -2.23. The maximum absolute atomic E-state index is 12.2. The minimum atomic E-state index is 0.115. The Labute approximate surface area is 119 Å². The van der Waals surface area contributed by atoms with Crippen molar-refractivity contribution in [3.05, 3.63) is 12.2 Å². The number of carbonyl (C=O) groups excluding carboxylic acids is 1. The maximum Gasteiger partial charge on any atom is 0.269 e. The maximum atomic E-state index is 12.2. The fraction of sp³-hybridized carbons (Fsp3) is 0.786. The predicted molar refractivity (Wildman–Crippen MR) is 81.4 cm³/mol. The van der Waals surface area contributed by atoms with Crippen molar-refractivity contribution in [2.45, 2.75) is 68.8 Å². The molecule has 0 aromatic rings. The number of hydrogen-bond acceptors (Lipinski definition) is 3. The predicted octanol–water partition coefficient (Wildman–Crippen LogP) is 4.57. The van der Waals surface area contributed by atoms with Crippen molar-refractivity contribution in [2.75, 3.05) is 0 Å². The Morgan fingerprint density at radius 3 is 1.72 bits per heavy atom. The zero-order valence-corrected chi connectivity index (χ0v) is 12.8. The molecule has 1 amide bonds. The molecule has 18 heavy (non-hydrogen) atoms. The van der Waals surface area contributed by atoms with Crippen LogP contribution in [0.15, 0.2) is 12.2 Å². The highest BCUT2D eigenvalue weighted by molar-refractivity contribution is 8.13. The zero-order chi connectivity index (χ0) is 13.0. The highest BCUT2D eigenvalue weighted by Gasteiger charge is 2.27. The molecule has 0 aromatic carbocycles. The van der Waals surface area contributed by atoms with Crippen molar-refractivity contribution < 1.29 is 4.79 Å². The molecule has 0 aliphatic heterocycles. The molecule has 2 rings (SSSR count). The van der Waals surface area contributed by atoms with Gasteiger partial charge in [-0.3, -0.25) is 4.79 Å². The van der Waals surface area contributed by atoms with E-state index in [9.17, 15) is 4.79 Å². The van der Waals surface area contributed by atoms with Crippen molar-refractivity contribution in [1.29, 1.82) is 0 Å². The lowest BCUT2D eigenvalue weighted by Gasteiger charge is -2.25. The molecule has 0 radical (unpaired) electrons. The molecule has 2 saturated carbocycles. The van der Waals surface area contributed by atoms with E-state index in [1.807, 2.05) is 10.6 Å². The molecule has 102 valence electrons. The van der Waals surface area contributed by atoms with Crippen molar-refractivity contribution in [3.8, 4) is 0 Å². The SMILES string of the molecule is C=C(C)C(=O)N(SC1CCCC1)SC1CCCC1. The van der Waals surface area contributed by atoms with E-state index in [1.54, 1.807) is 23.9 Å². The molecular formula is C14H23NOS2. The molecule has 2 nitrogen and oxygen atoms in total. The van der Waals surface area contributed by atoms with Crippen LogP contribution in [0.5, 0.6) is 0 Å². The van der Waals surface area contributed by atoms with E-state index in [4.69, 9.17) is 0 Å². The van der Waals surface area contributed by atoms with Crippen LogP contribution in [0.4, 0.5) is 0 Å². The van der Waals surface area contributed by atoms with Gasteiger partial charge in [0, 0.05) is 16.1 Å². The average Bonchev–Trinajstić information content (AvgIpc) is 2.99. The summed E-state index contributed by atoms with van der Waals surface area (Å²) < 4.78 is 1.94. The second kappa shape index (κ2) is 6.90. The van der Waals surface area contributed by atoms with Crippen molar-refractivity contribution in [3.63, 3.8) is 0 Å². The van der Waals surface area contributed by atoms with Crippen LogP contribution in [0.3, 0.4) is 0 Å². The van der Waals surface area contributed by atoms with Crippen molar-refractivity contribution in [2.24, 2.45) is 0 Å². The van der Waals surface area contributed by atoms with E-state index in [-0.39, 0.29) is 5.91 Å². The van der Waals surface area contributed by atoms with Gasteiger partial charge in [-0.15, -0.1) is 0 Å². The zero-order valence-electron chi connectivity index (χ0n) is 11.2. The van der Waals surface area contributed by atoms with Crippen LogP contribution < -0.4 is 0 Å². The van der Waals surface area contributed by atoms with Crippen LogP contribution in [-0.2, 0) is 4.79 Å². The van der Waals surface area contributed by atoms with Crippen LogP contribution in [0.1, 0.15) is 58.3 Å². The number of nitrogens with zero attached hydrogens (tertiary/aromatic N) is 1. The van der Waals surface area contributed by atoms with Gasteiger partial charge in [0.15, 0.2) is 0 Å². The number of amides is 1. The third kappa shape index (κ3) is 3.95. The van der Waals surface area contributed by atoms with Crippen molar-refractivity contribution in [1.82, 2.24) is 3.71 Å². The van der Waals surface area contributed by atoms with Gasteiger partial charge in [-0.1, -0.05) is 32.3 Å². The monoisotopic (exact) mass is 285 g/mol. The average molecular weight is 285 g/mol. The van der Waals surface area contributed by atoms with E-state index >= 15 is 0 Å². The first kappa shape index (κ1) is 14.3. The number of rotatable bonds is 5. The summed E-state index contributed by atoms with van der Waals surface area (Å²) in [6.07, 6.45) is 10.3. The fourth-order valence-corrected chi connectivity index (χ4v) is 5.60. The molecule has 0 spiro atoms. The Hall–Kier alpha value is -0.0900. The largest absolute Gasteiger partial charge is 0.269 e. The summed E-state index contributed by atoms with van der Waals surface area (Å²) in [6.45, 7) is 5.63. The third-order valence-corrected chi connectivity index (χ3v) is 6.40. The van der Waals surface area contributed by atoms with Gasteiger partial charge in [0.25, 0.3) is 5.91 Å². The summed E-state index contributed by atoms with van der Waals surface area (Å²) in [4.78, 5) is 12.2. The molecular weight excluding hydrogens is 262 g/mol. The normalized spacial score (nSPS) is 21.4. The van der Waals surface area contributed by atoms with Crippen LogP contribution in [0.2, 0.25) is 0 Å². The first-order valence-corrected chi connectivity index (χ1v) is 8.67. The third-order valence-electron chi connectivity index (χ3n) is 3.62. The topological polar surface area (TPSA) is 20.3 Å². The summed E-state index contributed by atoms with van der Waals surface area (Å²) in [5.74, 6) is 0.115. The van der Waals surface area contributed by atoms with Gasteiger partial charge >= 0.3 is 0 Å². The molecule has 2 aliphatic rings. The Kier molecular flexibility index (Phi) is 5.49. The van der Waals surface area contributed by atoms with Gasteiger partial charge in [0.2, 0.25) is 0 Å². The lowest BCUT2D eigenvalue weighted by molar-refractivity contribution is -0.119. The molecule has 0 unspecified atom stereocenters. The van der Waals surface area contributed by atoms with Crippen molar-refractivity contribution >= 4 is 29.8 Å². The van der Waals surface area contributed by atoms with E-state index in [0.29, 0.717) is 16.1 Å². The minimum absolute atomic E-state index is 0.115. The van der Waals surface area contributed by atoms with Gasteiger partial charge in [-0.05, 0) is 56.5 Å². The van der Waals surface area contributed by atoms with E-state index in [0.717, 1.165) is 0 Å².